The van der Waals surface area contributed by atoms with Crippen molar-refractivity contribution >= 4 is 17.3 Å². The highest BCUT2D eigenvalue weighted by atomic mass is 19.1. The topological polar surface area (TPSA) is 58.4 Å². The quantitative estimate of drug-likeness (QED) is 0.814. The first kappa shape index (κ1) is 14.8. The number of nitrogens with two attached hydrogens (primary N) is 1. The average molecular weight is 279 g/mol. The summed E-state index contributed by atoms with van der Waals surface area (Å²) in [5, 5.41) is 2.58. The standard InChI is InChI=1S/C15H22FN3O/c1-2-11-5-7-19(10-11)8-6-15(20)18-14-9-12(17)3-4-13(14)16/h3-4,9,11H,2,5-8,10,17H2,1H3,(H,18,20). The molecule has 0 saturated carbocycles. The minimum Gasteiger partial charge on any atom is -0.399 e. The second kappa shape index (κ2) is 6.70. The zero-order valence-electron chi connectivity index (χ0n) is 11.9. The fourth-order valence-electron chi connectivity index (χ4n) is 2.56. The van der Waals surface area contributed by atoms with Crippen LogP contribution in [0.4, 0.5) is 15.8 Å². The number of anilines is 2. The van der Waals surface area contributed by atoms with Crippen molar-refractivity contribution < 1.29 is 9.18 Å². The Bertz CT molecular complexity index is 478. The first-order chi connectivity index (χ1) is 9.58. The Balaban J connectivity index is 1.79. The Morgan fingerprint density at radius 2 is 2.35 bits per heavy atom. The van der Waals surface area contributed by atoms with E-state index in [9.17, 15) is 9.18 Å². The van der Waals surface area contributed by atoms with Crippen molar-refractivity contribution in [2.45, 2.75) is 26.2 Å². The lowest BCUT2D eigenvalue weighted by Gasteiger charge is -2.15. The molecule has 0 bridgehead atoms. The molecule has 0 radical (unpaired) electrons. The van der Waals surface area contributed by atoms with E-state index in [-0.39, 0.29) is 11.6 Å². The van der Waals surface area contributed by atoms with Crippen molar-refractivity contribution in [3.8, 4) is 0 Å². The van der Waals surface area contributed by atoms with Crippen LogP contribution in [0, 0.1) is 11.7 Å². The molecule has 1 heterocycles. The van der Waals surface area contributed by atoms with Crippen molar-refractivity contribution in [1.29, 1.82) is 0 Å². The van der Waals surface area contributed by atoms with Gasteiger partial charge in [-0.1, -0.05) is 13.3 Å². The van der Waals surface area contributed by atoms with Crippen molar-refractivity contribution in [2.75, 3.05) is 30.7 Å². The van der Waals surface area contributed by atoms with Crippen LogP contribution < -0.4 is 11.1 Å². The van der Waals surface area contributed by atoms with Crippen LogP contribution in [0.25, 0.3) is 0 Å². The van der Waals surface area contributed by atoms with Gasteiger partial charge in [-0.25, -0.2) is 4.39 Å². The number of amides is 1. The third kappa shape index (κ3) is 3.93. The summed E-state index contributed by atoms with van der Waals surface area (Å²) in [5.74, 6) is 0.124. The number of hydrogen-bond donors (Lipinski definition) is 2. The van der Waals surface area contributed by atoms with Gasteiger partial charge in [0.1, 0.15) is 5.82 Å². The molecule has 0 aromatic heterocycles. The van der Waals surface area contributed by atoms with E-state index in [0.29, 0.717) is 12.1 Å². The maximum Gasteiger partial charge on any atom is 0.225 e. The normalized spacial score (nSPS) is 19.2. The highest BCUT2D eigenvalue weighted by molar-refractivity contribution is 5.91. The number of hydrogen-bond acceptors (Lipinski definition) is 3. The van der Waals surface area contributed by atoms with Gasteiger partial charge in [-0.3, -0.25) is 4.79 Å². The number of rotatable bonds is 5. The third-order valence-corrected chi connectivity index (χ3v) is 3.87. The van der Waals surface area contributed by atoms with Crippen LogP contribution in [0.2, 0.25) is 0 Å². The lowest BCUT2D eigenvalue weighted by atomic mass is 10.1. The van der Waals surface area contributed by atoms with Crippen molar-refractivity contribution in [1.82, 2.24) is 4.90 Å². The summed E-state index contributed by atoms with van der Waals surface area (Å²) in [6.07, 6.45) is 2.78. The molecule has 1 atom stereocenters. The number of nitrogens with one attached hydrogen (secondary N) is 1. The molecule has 3 N–H and O–H groups in total. The lowest BCUT2D eigenvalue weighted by molar-refractivity contribution is -0.116. The maximum absolute atomic E-state index is 13.5. The van der Waals surface area contributed by atoms with E-state index < -0.39 is 5.82 Å². The second-order valence-electron chi connectivity index (χ2n) is 5.40. The molecule has 2 rings (SSSR count). The molecule has 0 spiro atoms. The number of halogens is 1. The molecule has 110 valence electrons. The van der Waals surface area contributed by atoms with Gasteiger partial charge in [-0.05, 0) is 37.1 Å². The highest BCUT2D eigenvalue weighted by Gasteiger charge is 2.21. The van der Waals surface area contributed by atoms with Crippen molar-refractivity contribution in [2.24, 2.45) is 5.92 Å². The third-order valence-electron chi connectivity index (χ3n) is 3.87. The lowest BCUT2D eigenvalue weighted by Crippen LogP contribution is -2.26. The van der Waals surface area contributed by atoms with Gasteiger partial charge in [0.05, 0.1) is 5.69 Å². The van der Waals surface area contributed by atoms with Gasteiger partial charge >= 0.3 is 0 Å². The molecule has 20 heavy (non-hydrogen) atoms. The molecule has 4 nitrogen and oxygen atoms in total. The Morgan fingerprint density at radius 3 is 3.05 bits per heavy atom. The predicted molar refractivity (Wildman–Crippen MR) is 78.9 cm³/mol. The van der Waals surface area contributed by atoms with E-state index in [0.717, 1.165) is 25.6 Å². The highest BCUT2D eigenvalue weighted by Crippen LogP contribution is 2.20. The molecule has 1 aromatic carbocycles. The Morgan fingerprint density at radius 1 is 1.55 bits per heavy atom. The van der Waals surface area contributed by atoms with Gasteiger partial charge in [-0.2, -0.15) is 0 Å². The molecule has 1 amide bonds. The van der Waals surface area contributed by atoms with Gasteiger partial charge in [-0.15, -0.1) is 0 Å². The fraction of sp³-hybridized carbons (Fsp3) is 0.533. The molecular formula is C15H22FN3O. The van der Waals surface area contributed by atoms with Gasteiger partial charge in [0.2, 0.25) is 5.91 Å². The van der Waals surface area contributed by atoms with Crippen LogP contribution in [0.1, 0.15) is 26.2 Å². The fourth-order valence-corrected chi connectivity index (χ4v) is 2.56. The number of nitrogen functional groups attached to an aromatic ring is 1. The van der Waals surface area contributed by atoms with Crippen LogP contribution in [0.5, 0.6) is 0 Å². The van der Waals surface area contributed by atoms with Crippen LogP contribution in [-0.4, -0.2) is 30.4 Å². The van der Waals surface area contributed by atoms with Crippen molar-refractivity contribution in [3.05, 3.63) is 24.0 Å². The van der Waals surface area contributed by atoms with E-state index in [1.165, 1.54) is 31.0 Å². The zero-order chi connectivity index (χ0) is 14.5. The largest absolute Gasteiger partial charge is 0.399 e. The van der Waals surface area contributed by atoms with Gasteiger partial charge in [0.15, 0.2) is 0 Å². The minimum atomic E-state index is -0.459. The SMILES string of the molecule is CCC1CCN(CCC(=O)Nc2cc(N)ccc2F)C1. The molecule has 1 aliphatic heterocycles. The van der Waals surface area contributed by atoms with Gasteiger partial charge in [0.25, 0.3) is 0 Å². The van der Waals surface area contributed by atoms with E-state index in [1.54, 1.807) is 0 Å². The Labute approximate surface area is 119 Å². The summed E-state index contributed by atoms with van der Waals surface area (Å²) < 4.78 is 13.5. The summed E-state index contributed by atoms with van der Waals surface area (Å²) >= 11 is 0. The Hall–Kier alpha value is -1.62. The first-order valence-corrected chi connectivity index (χ1v) is 7.15. The summed E-state index contributed by atoms with van der Waals surface area (Å²) in [6, 6.07) is 4.17. The van der Waals surface area contributed by atoms with E-state index in [1.807, 2.05) is 0 Å². The molecule has 1 aromatic rings. The average Bonchev–Trinajstić information content (AvgIpc) is 2.89. The van der Waals surface area contributed by atoms with E-state index in [2.05, 4.69) is 17.1 Å². The summed E-state index contributed by atoms with van der Waals surface area (Å²) in [5.41, 5.74) is 6.17. The minimum absolute atomic E-state index is 0.155. The van der Waals surface area contributed by atoms with Crippen molar-refractivity contribution in [3.63, 3.8) is 0 Å². The van der Waals surface area contributed by atoms with Crippen LogP contribution in [-0.2, 0) is 4.79 Å². The first-order valence-electron chi connectivity index (χ1n) is 7.15. The molecule has 1 unspecified atom stereocenters. The van der Waals surface area contributed by atoms with Crippen LogP contribution in [0.15, 0.2) is 18.2 Å². The molecular weight excluding hydrogens is 257 g/mol. The smallest absolute Gasteiger partial charge is 0.225 e. The molecule has 5 heteroatoms. The van der Waals surface area contributed by atoms with E-state index in [4.69, 9.17) is 5.73 Å². The summed E-state index contributed by atoms with van der Waals surface area (Å²) in [7, 11) is 0. The summed E-state index contributed by atoms with van der Waals surface area (Å²) in [4.78, 5) is 14.1. The van der Waals surface area contributed by atoms with Gasteiger partial charge in [0, 0.05) is 25.2 Å². The van der Waals surface area contributed by atoms with Crippen LogP contribution >= 0.6 is 0 Å². The number of carbonyl (C=O) groups excluding carboxylic acids is 1. The number of likely N-dealkylation sites (tertiary alicyclic amines) is 1. The molecule has 1 aliphatic rings. The predicted octanol–water partition coefficient (Wildman–Crippen LogP) is 2.47. The number of benzene rings is 1. The monoisotopic (exact) mass is 279 g/mol. The molecule has 1 saturated heterocycles. The van der Waals surface area contributed by atoms with E-state index >= 15 is 0 Å². The molecule has 1 fully saturated rings. The maximum atomic E-state index is 13.5. The zero-order valence-corrected chi connectivity index (χ0v) is 11.9. The number of carbonyl (C=O) groups is 1. The van der Waals surface area contributed by atoms with Gasteiger partial charge < -0.3 is 16.0 Å². The Kier molecular flexibility index (Phi) is 4.95. The summed E-state index contributed by atoms with van der Waals surface area (Å²) in [6.45, 7) is 5.05. The second-order valence-corrected chi connectivity index (χ2v) is 5.40. The number of nitrogens with zero attached hydrogens (tertiary/aromatic N) is 1. The molecule has 0 aliphatic carbocycles. The van der Waals surface area contributed by atoms with Crippen LogP contribution in [0.3, 0.4) is 0 Å².